The fraction of sp³-hybridized carbons (Fsp3) is 0. The molecule has 0 atom stereocenters. The van der Waals surface area contributed by atoms with Crippen molar-refractivity contribution in [2.75, 3.05) is 0 Å². The number of aromatic hydroxyl groups is 1. The SMILES string of the molecule is O=c1cc(O)cc(Cl)o1. The molecule has 3 nitrogen and oxygen atoms in total. The summed E-state index contributed by atoms with van der Waals surface area (Å²) in [5.41, 5.74) is -0.653. The molecule has 0 amide bonds. The molecule has 4 heteroatoms. The standard InChI is InChI=1S/C5H3ClO3/c6-4-1-3(7)2-5(8)9-4/h1-2,7H. The lowest BCUT2D eigenvalue weighted by Crippen LogP contribution is -1.93. The van der Waals surface area contributed by atoms with Gasteiger partial charge in [-0.2, -0.15) is 0 Å². The summed E-state index contributed by atoms with van der Waals surface area (Å²) in [7, 11) is 0. The predicted octanol–water partition coefficient (Wildman–Crippen LogP) is 0.999. The van der Waals surface area contributed by atoms with Crippen molar-refractivity contribution in [3.63, 3.8) is 0 Å². The van der Waals surface area contributed by atoms with E-state index < -0.39 is 5.63 Å². The van der Waals surface area contributed by atoms with Crippen LogP contribution in [0.1, 0.15) is 0 Å². The van der Waals surface area contributed by atoms with Crippen LogP contribution < -0.4 is 5.63 Å². The number of halogens is 1. The zero-order valence-electron chi connectivity index (χ0n) is 4.30. The van der Waals surface area contributed by atoms with E-state index in [4.69, 9.17) is 16.7 Å². The maximum absolute atomic E-state index is 10.3. The van der Waals surface area contributed by atoms with Crippen molar-refractivity contribution in [3.8, 4) is 5.75 Å². The van der Waals surface area contributed by atoms with Gasteiger partial charge in [0.25, 0.3) is 0 Å². The van der Waals surface area contributed by atoms with Crippen LogP contribution in [0.3, 0.4) is 0 Å². The Labute approximate surface area is 55.5 Å². The topological polar surface area (TPSA) is 50.4 Å². The third kappa shape index (κ3) is 1.47. The zero-order chi connectivity index (χ0) is 6.85. The van der Waals surface area contributed by atoms with Crippen molar-refractivity contribution in [1.29, 1.82) is 0 Å². The maximum atomic E-state index is 10.3. The van der Waals surface area contributed by atoms with Gasteiger partial charge in [-0.3, -0.25) is 0 Å². The van der Waals surface area contributed by atoms with Crippen LogP contribution in [-0.4, -0.2) is 5.11 Å². The van der Waals surface area contributed by atoms with Gasteiger partial charge in [-0.25, -0.2) is 4.79 Å². The third-order valence-electron chi connectivity index (χ3n) is 0.725. The van der Waals surface area contributed by atoms with Crippen molar-refractivity contribution >= 4 is 11.6 Å². The average molecular weight is 147 g/mol. The predicted molar refractivity (Wildman–Crippen MR) is 31.7 cm³/mol. The van der Waals surface area contributed by atoms with Crippen molar-refractivity contribution in [2.45, 2.75) is 0 Å². The van der Waals surface area contributed by atoms with E-state index in [1.54, 1.807) is 0 Å². The zero-order valence-corrected chi connectivity index (χ0v) is 5.05. The van der Waals surface area contributed by atoms with Crippen LogP contribution in [0.2, 0.25) is 5.22 Å². The Kier molecular flexibility index (Phi) is 1.44. The lowest BCUT2D eigenvalue weighted by molar-refractivity contribution is 0.448. The summed E-state index contributed by atoms with van der Waals surface area (Å²) in [4.78, 5) is 10.3. The number of hydrogen-bond acceptors (Lipinski definition) is 3. The van der Waals surface area contributed by atoms with Crippen molar-refractivity contribution in [2.24, 2.45) is 0 Å². The molecule has 1 rings (SSSR count). The van der Waals surface area contributed by atoms with Crippen LogP contribution >= 0.6 is 11.6 Å². The smallest absolute Gasteiger partial charge is 0.340 e. The molecule has 0 bridgehead atoms. The Morgan fingerprint density at radius 1 is 1.56 bits per heavy atom. The molecule has 0 unspecified atom stereocenters. The number of rotatable bonds is 0. The van der Waals surface area contributed by atoms with Crippen LogP contribution in [0.25, 0.3) is 0 Å². The minimum absolute atomic E-state index is 0.111. The quantitative estimate of drug-likeness (QED) is 0.594. The fourth-order valence-corrected chi connectivity index (χ4v) is 0.622. The largest absolute Gasteiger partial charge is 0.508 e. The second-order valence-corrected chi connectivity index (χ2v) is 1.81. The molecule has 0 spiro atoms. The van der Waals surface area contributed by atoms with Gasteiger partial charge in [-0.05, 0) is 11.6 Å². The molecule has 0 radical (unpaired) electrons. The van der Waals surface area contributed by atoms with E-state index in [1.165, 1.54) is 0 Å². The lowest BCUT2D eigenvalue weighted by atomic mass is 10.5. The molecule has 1 N–H and O–H groups in total. The van der Waals surface area contributed by atoms with E-state index in [0.29, 0.717) is 0 Å². The first-order valence-electron chi connectivity index (χ1n) is 2.18. The van der Waals surface area contributed by atoms with E-state index in [9.17, 15) is 4.79 Å². The Morgan fingerprint density at radius 2 is 2.22 bits per heavy atom. The Morgan fingerprint density at radius 3 is 2.67 bits per heavy atom. The molecule has 0 saturated carbocycles. The van der Waals surface area contributed by atoms with Gasteiger partial charge in [0.15, 0.2) is 0 Å². The van der Waals surface area contributed by atoms with Gasteiger partial charge in [0.05, 0.1) is 6.07 Å². The third-order valence-corrected chi connectivity index (χ3v) is 0.911. The van der Waals surface area contributed by atoms with Gasteiger partial charge >= 0.3 is 5.63 Å². The second kappa shape index (κ2) is 2.11. The Bertz CT molecular complexity index is 242. The minimum atomic E-state index is -0.653. The molecule has 1 aromatic rings. The van der Waals surface area contributed by atoms with Crippen molar-refractivity contribution in [1.82, 2.24) is 0 Å². The first-order valence-corrected chi connectivity index (χ1v) is 2.56. The van der Waals surface area contributed by atoms with Gasteiger partial charge in [0.2, 0.25) is 5.22 Å². The minimum Gasteiger partial charge on any atom is -0.508 e. The molecule has 0 aliphatic heterocycles. The van der Waals surface area contributed by atoms with Gasteiger partial charge in [0.1, 0.15) is 5.75 Å². The van der Waals surface area contributed by atoms with E-state index in [0.717, 1.165) is 12.1 Å². The summed E-state index contributed by atoms with van der Waals surface area (Å²) in [5.74, 6) is -0.184. The molecular weight excluding hydrogens is 144 g/mol. The van der Waals surface area contributed by atoms with E-state index in [2.05, 4.69) is 4.42 Å². The summed E-state index contributed by atoms with van der Waals surface area (Å²) in [6.45, 7) is 0. The first-order chi connectivity index (χ1) is 4.18. The summed E-state index contributed by atoms with van der Waals surface area (Å²) in [6.07, 6.45) is 0. The van der Waals surface area contributed by atoms with Gasteiger partial charge in [0, 0.05) is 6.07 Å². The normalized spacial score (nSPS) is 9.44. The van der Waals surface area contributed by atoms with E-state index >= 15 is 0 Å². The molecule has 0 aliphatic rings. The molecule has 0 aliphatic carbocycles. The van der Waals surface area contributed by atoms with Crippen LogP contribution in [0, 0.1) is 0 Å². The van der Waals surface area contributed by atoms with Gasteiger partial charge < -0.3 is 9.52 Å². The molecule has 9 heavy (non-hydrogen) atoms. The van der Waals surface area contributed by atoms with Gasteiger partial charge in [-0.15, -0.1) is 0 Å². The summed E-state index contributed by atoms with van der Waals surface area (Å²) >= 11 is 5.22. The monoisotopic (exact) mass is 146 g/mol. The molecular formula is C5H3ClO3. The lowest BCUT2D eigenvalue weighted by Gasteiger charge is -1.87. The molecule has 0 aromatic carbocycles. The molecule has 0 saturated heterocycles. The van der Waals surface area contributed by atoms with Crippen molar-refractivity contribution in [3.05, 3.63) is 27.8 Å². The molecule has 1 heterocycles. The van der Waals surface area contributed by atoms with Gasteiger partial charge in [-0.1, -0.05) is 0 Å². The van der Waals surface area contributed by atoms with Crippen molar-refractivity contribution < 1.29 is 9.52 Å². The highest BCUT2D eigenvalue weighted by Crippen LogP contribution is 2.11. The maximum Gasteiger partial charge on any atom is 0.340 e. The summed E-state index contributed by atoms with van der Waals surface area (Å²) in [5, 5.41) is 8.54. The fourth-order valence-electron chi connectivity index (χ4n) is 0.434. The highest BCUT2D eigenvalue weighted by atomic mass is 35.5. The summed E-state index contributed by atoms with van der Waals surface area (Å²) < 4.78 is 4.31. The first kappa shape index (κ1) is 6.16. The van der Waals surface area contributed by atoms with Crippen LogP contribution in [0.15, 0.2) is 21.3 Å². The molecule has 0 fully saturated rings. The van der Waals surface area contributed by atoms with Crippen LogP contribution in [-0.2, 0) is 0 Å². The van der Waals surface area contributed by atoms with Crippen LogP contribution in [0.4, 0.5) is 0 Å². The number of hydrogen-bond donors (Lipinski definition) is 1. The highest BCUT2D eigenvalue weighted by Gasteiger charge is 1.94. The molecule has 1 aromatic heterocycles. The van der Waals surface area contributed by atoms with E-state index in [1.807, 2.05) is 0 Å². The summed E-state index contributed by atoms with van der Waals surface area (Å²) in [6, 6.07) is 2.08. The Hall–Kier alpha value is -0.960. The Balaban J connectivity index is 3.33. The van der Waals surface area contributed by atoms with Crippen LogP contribution in [0.5, 0.6) is 5.75 Å². The average Bonchev–Trinajstić information content (AvgIpc) is 1.59. The van der Waals surface area contributed by atoms with E-state index in [-0.39, 0.29) is 11.0 Å². The second-order valence-electron chi connectivity index (χ2n) is 1.44. The molecule has 48 valence electrons. The highest BCUT2D eigenvalue weighted by molar-refractivity contribution is 6.28.